The highest BCUT2D eigenvalue weighted by Gasteiger charge is 2.31. The number of anilines is 2. The maximum Gasteiger partial charge on any atom is 0.294 e. The largest absolute Gasteiger partial charge is 0.355 e. The van der Waals surface area contributed by atoms with E-state index in [0.29, 0.717) is 23.8 Å². The summed E-state index contributed by atoms with van der Waals surface area (Å²) < 4.78 is 0. The Balaban J connectivity index is 1.62. The summed E-state index contributed by atoms with van der Waals surface area (Å²) >= 11 is 5.89. The summed E-state index contributed by atoms with van der Waals surface area (Å²) in [4.78, 5) is 26.6. The van der Waals surface area contributed by atoms with Crippen molar-refractivity contribution in [3.8, 4) is 0 Å². The zero-order valence-corrected chi connectivity index (χ0v) is 15.8. The average molecular weight is 390 g/mol. The van der Waals surface area contributed by atoms with E-state index in [1.807, 2.05) is 42.2 Å². The van der Waals surface area contributed by atoms with Crippen LogP contribution < -0.4 is 15.1 Å². The molecular formula is C19H22ClN4O3+. The van der Waals surface area contributed by atoms with Gasteiger partial charge in [-0.15, -0.1) is 0 Å². The Kier molecular flexibility index (Phi) is 5.93. The Morgan fingerprint density at radius 2 is 1.89 bits per heavy atom. The number of piperazine rings is 1. The van der Waals surface area contributed by atoms with Crippen LogP contribution in [0.15, 0.2) is 48.5 Å². The molecule has 0 radical (unpaired) electrons. The average Bonchev–Trinajstić information content (AvgIpc) is 2.68. The summed E-state index contributed by atoms with van der Waals surface area (Å²) in [6.07, 6.45) is 0. The van der Waals surface area contributed by atoms with Crippen molar-refractivity contribution in [3.63, 3.8) is 0 Å². The van der Waals surface area contributed by atoms with Crippen molar-refractivity contribution in [1.29, 1.82) is 0 Å². The minimum Gasteiger partial charge on any atom is -0.355 e. The second-order valence-electron chi connectivity index (χ2n) is 6.61. The maximum atomic E-state index is 12.5. The minimum atomic E-state index is -0.406. The van der Waals surface area contributed by atoms with Gasteiger partial charge >= 0.3 is 0 Å². The van der Waals surface area contributed by atoms with E-state index in [1.165, 1.54) is 6.07 Å². The highest BCUT2D eigenvalue weighted by Crippen LogP contribution is 2.30. The predicted molar refractivity (Wildman–Crippen MR) is 106 cm³/mol. The number of benzene rings is 2. The molecule has 2 aromatic rings. The Labute approximate surface area is 162 Å². The first-order chi connectivity index (χ1) is 13.0. The third-order valence-electron chi connectivity index (χ3n) is 4.93. The Hall–Kier alpha value is -2.64. The molecule has 1 saturated heterocycles. The number of hydrogen-bond donors (Lipinski definition) is 2. The Morgan fingerprint density at radius 3 is 2.52 bits per heavy atom. The van der Waals surface area contributed by atoms with Gasteiger partial charge in [0.15, 0.2) is 6.04 Å². The number of para-hydroxylation sites is 1. The van der Waals surface area contributed by atoms with Crippen molar-refractivity contribution in [2.75, 3.05) is 36.4 Å². The number of nitrogens with one attached hydrogen (secondary N) is 2. The van der Waals surface area contributed by atoms with Crippen LogP contribution in [0.3, 0.4) is 0 Å². The molecular weight excluding hydrogens is 368 g/mol. The van der Waals surface area contributed by atoms with E-state index < -0.39 is 4.92 Å². The molecule has 1 aliphatic heterocycles. The predicted octanol–water partition coefficient (Wildman–Crippen LogP) is 1.98. The number of carbonyl (C=O) groups excluding carboxylic acids is 1. The first-order valence-electron chi connectivity index (χ1n) is 8.85. The number of halogens is 1. The molecule has 142 valence electrons. The van der Waals surface area contributed by atoms with Gasteiger partial charge in [-0.2, -0.15) is 0 Å². The number of nitro benzene ring substituents is 1. The topological polar surface area (TPSA) is 79.9 Å². The van der Waals surface area contributed by atoms with Crippen LogP contribution in [0.2, 0.25) is 5.02 Å². The SMILES string of the molecule is C[C@H](C(=O)Nc1ccccc1)[NH+]1CCN(c2ccc(Cl)cc2[N+](=O)[O-])CC1. The first kappa shape index (κ1) is 19.1. The number of quaternary nitrogens is 1. The molecule has 1 atom stereocenters. The molecule has 7 nitrogen and oxygen atoms in total. The van der Waals surface area contributed by atoms with Gasteiger partial charge in [-0.05, 0) is 31.2 Å². The fraction of sp³-hybridized carbons (Fsp3) is 0.316. The standard InChI is InChI=1S/C19H21ClN4O3/c1-14(19(25)21-16-5-3-2-4-6-16)22-9-11-23(12-10-22)17-8-7-15(20)13-18(17)24(26)27/h2-8,13-14H,9-12H2,1H3,(H,21,25)/p+1/t14-/m1/s1. The van der Waals surface area contributed by atoms with Gasteiger partial charge in [0.1, 0.15) is 5.69 Å². The van der Waals surface area contributed by atoms with Crippen LogP contribution in [0.4, 0.5) is 17.1 Å². The van der Waals surface area contributed by atoms with Crippen molar-refractivity contribution in [2.24, 2.45) is 0 Å². The van der Waals surface area contributed by atoms with E-state index in [-0.39, 0.29) is 17.6 Å². The Morgan fingerprint density at radius 1 is 1.22 bits per heavy atom. The highest BCUT2D eigenvalue weighted by atomic mass is 35.5. The lowest BCUT2D eigenvalue weighted by Gasteiger charge is -2.35. The van der Waals surface area contributed by atoms with E-state index in [2.05, 4.69) is 5.32 Å². The molecule has 1 amide bonds. The van der Waals surface area contributed by atoms with Gasteiger partial charge in [0.25, 0.3) is 11.6 Å². The van der Waals surface area contributed by atoms with E-state index in [4.69, 9.17) is 11.6 Å². The monoisotopic (exact) mass is 389 g/mol. The summed E-state index contributed by atoms with van der Waals surface area (Å²) in [6, 6.07) is 13.9. The summed E-state index contributed by atoms with van der Waals surface area (Å²) in [5, 5.41) is 14.6. The molecule has 0 aromatic heterocycles. The second-order valence-corrected chi connectivity index (χ2v) is 7.05. The number of hydrogen-bond acceptors (Lipinski definition) is 4. The molecule has 0 unspecified atom stereocenters. The van der Waals surface area contributed by atoms with Gasteiger partial charge < -0.3 is 15.1 Å². The van der Waals surface area contributed by atoms with Crippen molar-refractivity contribution in [3.05, 3.63) is 63.7 Å². The van der Waals surface area contributed by atoms with Crippen LogP contribution in [0.1, 0.15) is 6.92 Å². The van der Waals surface area contributed by atoms with E-state index in [0.717, 1.165) is 23.7 Å². The van der Waals surface area contributed by atoms with Crippen LogP contribution in [-0.2, 0) is 4.79 Å². The third-order valence-corrected chi connectivity index (χ3v) is 5.16. The van der Waals surface area contributed by atoms with Gasteiger partial charge in [-0.25, -0.2) is 0 Å². The van der Waals surface area contributed by atoms with Gasteiger partial charge in [-0.3, -0.25) is 14.9 Å². The zero-order valence-electron chi connectivity index (χ0n) is 15.0. The third kappa shape index (κ3) is 4.56. The zero-order chi connectivity index (χ0) is 19.4. The number of rotatable bonds is 5. The molecule has 0 bridgehead atoms. The van der Waals surface area contributed by atoms with Crippen LogP contribution >= 0.6 is 11.6 Å². The molecule has 27 heavy (non-hydrogen) atoms. The van der Waals surface area contributed by atoms with Crippen molar-refractivity contribution < 1.29 is 14.6 Å². The first-order valence-corrected chi connectivity index (χ1v) is 9.23. The highest BCUT2D eigenvalue weighted by molar-refractivity contribution is 6.30. The number of nitrogens with zero attached hydrogens (tertiary/aromatic N) is 2. The molecule has 0 spiro atoms. The fourth-order valence-corrected chi connectivity index (χ4v) is 3.50. The number of nitro groups is 1. The maximum absolute atomic E-state index is 12.5. The van der Waals surface area contributed by atoms with Crippen LogP contribution in [0.5, 0.6) is 0 Å². The van der Waals surface area contributed by atoms with E-state index in [9.17, 15) is 14.9 Å². The molecule has 1 fully saturated rings. The van der Waals surface area contributed by atoms with Gasteiger partial charge in [0, 0.05) is 16.8 Å². The molecule has 8 heteroatoms. The summed E-state index contributed by atoms with van der Waals surface area (Å²) in [5.74, 6) is -0.0258. The van der Waals surface area contributed by atoms with Crippen molar-refractivity contribution in [1.82, 2.24) is 0 Å². The van der Waals surface area contributed by atoms with E-state index >= 15 is 0 Å². The Bertz CT molecular complexity index is 823. The fourth-order valence-electron chi connectivity index (χ4n) is 3.34. The van der Waals surface area contributed by atoms with Crippen LogP contribution in [-0.4, -0.2) is 43.1 Å². The molecule has 3 rings (SSSR count). The normalized spacial score (nSPS) is 16.0. The molecule has 1 aliphatic rings. The molecule has 2 N–H and O–H groups in total. The van der Waals surface area contributed by atoms with Crippen LogP contribution in [0, 0.1) is 10.1 Å². The molecule has 0 saturated carbocycles. The quantitative estimate of drug-likeness (QED) is 0.605. The number of amides is 1. The molecule has 0 aliphatic carbocycles. The van der Waals surface area contributed by atoms with Gasteiger partial charge in [0.2, 0.25) is 0 Å². The second kappa shape index (κ2) is 8.37. The summed E-state index contributed by atoms with van der Waals surface area (Å²) in [6.45, 7) is 4.64. The number of carbonyl (C=O) groups is 1. The van der Waals surface area contributed by atoms with Crippen molar-refractivity contribution >= 4 is 34.6 Å². The van der Waals surface area contributed by atoms with Crippen LogP contribution in [0.25, 0.3) is 0 Å². The van der Waals surface area contributed by atoms with Gasteiger partial charge in [0.05, 0.1) is 31.1 Å². The summed E-state index contributed by atoms with van der Waals surface area (Å²) in [5.41, 5.74) is 1.37. The minimum absolute atomic E-state index is 0.0146. The smallest absolute Gasteiger partial charge is 0.294 e. The molecule has 1 heterocycles. The molecule has 2 aromatic carbocycles. The summed E-state index contributed by atoms with van der Waals surface area (Å²) in [7, 11) is 0. The van der Waals surface area contributed by atoms with E-state index in [1.54, 1.807) is 12.1 Å². The lowest BCUT2D eigenvalue weighted by atomic mass is 10.1. The van der Waals surface area contributed by atoms with Crippen molar-refractivity contribution in [2.45, 2.75) is 13.0 Å². The lowest BCUT2D eigenvalue weighted by molar-refractivity contribution is -0.914. The van der Waals surface area contributed by atoms with Gasteiger partial charge in [-0.1, -0.05) is 29.8 Å². The lowest BCUT2D eigenvalue weighted by Crippen LogP contribution is -3.19.